The van der Waals surface area contributed by atoms with E-state index in [4.69, 9.17) is 5.11 Å². The zero-order valence-electron chi connectivity index (χ0n) is 10.5. The second kappa shape index (κ2) is 7.49. The van der Waals surface area contributed by atoms with Crippen LogP contribution in [0.3, 0.4) is 0 Å². The summed E-state index contributed by atoms with van der Waals surface area (Å²) in [4.78, 5) is 33.1. The zero-order chi connectivity index (χ0) is 15.1. The number of carboxylic acids is 1. The predicted molar refractivity (Wildman–Crippen MR) is 71.3 cm³/mol. The summed E-state index contributed by atoms with van der Waals surface area (Å²) >= 11 is 0.884. The quantitative estimate of drug-likeness (QED) is 0.771. The van der Waals surface area contributed by atoms with Gasteiger partial charge in [0, 0.05) is 0 Å². The molecule has 1 rings (SSSR count). The molecule has 2 N–H and O–H groups in total. The maximum atomic E-state index is 13.5. The highest BCUT2D eigenvalue weighted by Gasteiger charge is 2.12. The van der Waals surface area contributed by atoms with Gasteiger partial charge in [0.1, 0.15) is 5.82 Å². The summed E-state index contributed by atoms with van der Waals surface area (Å²) in [7, 11) is 1.19. The first-order valence-electron chi connectivity index (χ1n) is 5.41. The molecule has 20 heavy (non-hydrogen) atoms. The lowest BCUT2D eigenvalue weighted by Gasteiger charge is -2.07. The second-order valence-electron chi connectivity index (χ2n) is 3.62. The van der Waals surface area contributed by atoms with Crippen molar-refractivity contribution in [3.8, 4) is 0 Å². The summed E-state index contributed by atoms with van der Waals surface area (Å²) in [6, 6.07) is 3.42. The van der Waals surface area contributed by atoms with Gasteiger partial charge in [-0.05, 0) is 18.2 Å². The molecule has 6 nitrogen and oxygen atoms in total. The van der Waals surface area contributed by atoms with E-state index in [2.05, 4.69) is 10.1 Å². The molecular formula is C12H12FNO5S. The summed E-state index contributed by atoms with van der Waals surface area (Å²) in [6.45, 7) is 0. The number of carbonyl (C=O) groups is 3. The Morgan fingerprint density at radius 3 is 2.65 bits per heavy atom. The predicted octanol–water partition coefficient (Wildman–Crippen LogP) is 1.37. The van der Waals surface area contributed by atoms with Crippen LogP contribution in [0.4, 0.5) is 10.1 Å². The van der Waals surface area contributed by atoms with Gasteiger partial charge in [0.25, 0.3) is 0 Å². The van der Waals surface area contributed by atoms with Crippen LogP contribution in [0.15, 0.2) is 18.2 Å². The van der Waals surface area contributed by atoms with Crippen molar-refractivity contribution < 1.29 is 28.6 Å². The molecule has 8 heteroatoms. The monoisotopic (exact) mass is 301 g/mol. The number of benzene rings is 1. The van der Waals surface area contributed by atoms with Crippen LogP contribution in [0.2, 0.25) is 0 Å². The van der Waals surface area contributed by atoms with Crippen molar-refractivity contribution in [2.75, 3.05) is 23.9 Å². The minimum Gasteiger partial charge on any atom is -0.481 e. The minimum atomic E-state index is -1.04. The summed E-state index contributed by atoms with van der Waals surface area (Å²) in [5.41, 5.74) is -0.0591. The second-order valence-corrected chi connectivity index (χ2v) is 4.61. The largest absolute Gasteiger partial charge is 0.481 e. The number of halogens is 1. The summed E-state index contributed by atoms with van der Waals surface area (Å²) < 4.78 is 18.0. The molecule has 0 aliphatic heterocycles. The number of methoxy groups -OCH3 is 1. The highest BCUT2D eigenvalue weighted by Crippen LogP contribution is 2.17. The SMILES string of the molecule is COC(=O)c1ccc(F)c(NC(=O)CSCC(=O)O)c1. The average Bonchev–Trinajstić information content (AvgIpc) is 2.40. The highest BCUT2D eigenvalue weighted by molar-refractivity contribution is 8.00. The van der Waals surface area contributed by atoms with E-state index in [1.165, 1.54) is 13.2 Å². The molecule has 0 saturated heterocycles. The van der Waals surface area contributed by atoms with E-state index in [1.54, 1.807) is 0 Å². The molecule has 0 aromatic heterocycles. The standard InChI is InChI=1S/C12H12FNO5S/c1-19-12(18)7-2-3-8(13)9(4-7)14-10(15)5-20-6-11(16)17/h2-4H,5-6H2,1H3,(H,14,15)(H,16,17). The van der Waals surface area contributed by atoms with Gasteiger partial charge >= 0.3 is 11.9 Å². The lowest BCUT2D eigenvalue weighted by molar-refractivity contribution is -0.133. The van der Waals surface area contributed by atoms with Crippen LogP contribution in [-0.4, -0.2) is 41.6 Å². The number of hydrogen-bond donors (Lipinski definition) is 2. The Bertz CT molecular complexity index is 535. The number of carboxylic acid groups (broad SMARTS) is 1. The first-order valence-corrected chi connectivity index (χ1v) is 6.56. The van der Waals surface area contributed by atoms with Gasteiger partial charge in [-0.2, -0.15) is 0 Å². The molecule has 0 unspecified atom stereocenters. The van der Waals surface area contributed by atoms with Gasteiger partial charge in [0.05, 0.1) is 29.9 Å². The maximum absolute atomic E-state index is 13.5. The van der Waals surface area contributed by atoms with Gasteiger partial charge in [0.2, 0.25) is 5.91 Å². The van der Waals surface area contributed by atoms with E-state index in [0.29, 0.717) is 0 Å². The van der Waals surface area contributed by atoms with Crippen molar-refractivity contribution in [2.45, 2.75) is 0 Å². The van der Waals surface area contributed by atoms with Crippen LogP contribution >= 0.6 is 11.8 Å². The molecular weight excluding hydrogens is 289 g/mol. The lowest BCUT2D eigenvalue weighted by atomic mass is 10.2. The van der Waals surface area contributed by atoms with E-state index in [0.717, 1.165) is 23.9 Å². The third kappa shape index (κ3) is 4.88. The number of rotatable bonds is 6. The van der Waals surface area contributed by atoms with Gasteiger partial charge in [-0.15, -0.1) is 11.8 Å². The van der Waals surface area contributed by atoms with E-state index < -0.39 is 23.7 Å². The molecule has 0 heterocycles. The molecule has 1 amide bonds. The Morgan fingerprint density at radius 1 is 1.35 bits per heavy atom. The zero-order valence-corrected chi connectivity index (χ0v) is 11.3. The molecule has 0 spiro atoms. The number of ether oxygens (including phenoxy) is 1. The number of anilines is 1. The van der Waals surface area contributed by atoms with E-state index in [1.807, 2.05) is 0 Å². The first kappa shape index (κ1) is 16.0. The number of aliphatic carboxylic acids is 1. The molecule has 0 aliphatic rings. The molecule has 0 atom stereocenters. The molecule has 0 bridgehead atoms. The van der Waals surface area contributed by atoms with Crippen molar-refractivity contribution in [3.05, 3.63) is 29.6 Å². The molecule has 0 saturated carbocycles. The Kier molecular flexibility index (Phi) is 5.98. The molecule has 0 aliphatic carbocycles. The van der Waals surface area contributed by atoms with Crippen LogP contribution in [0.5, 0.6) is 0 Å². The van der Waals surface area contributed by atoms with Crippen molar-refractivity contribution in [3.63, 3.8) is 0 Å². The smallest absolute Gasteiger partial charge is 0.337 e. The van der Waals surface area contributed by atoms with Crippen LogP contribution in [0, 0.1) is 5.82 Å². The van der Waals surface area contributed by atoms with Crippen molar-refractivity contribution >= 4 is 35.3 Å². The minimum absolute atomic E-state index is 0.0994. The summed E-state index contributed by atoms with van der Waals surface area (Å²) in [5.74, 6) is -3.31. The Morgan fingerprint density at radius 2 is 2.05 bits per heavy atom. The van der Waals surface area contributed by atoms with E-state index >= 15 is 0 Å². The third-order valence-corrected chi connectivity index (χ3v) is 3.04. The average molecular weight is 301 g/mol. The van der Waals surface area contributed by atoms with Crippen molar-refractivity contribution in [2.24, 2.45) is 0 Å². The fourth-order valence-corrected chi connectivity index (χ4v) is 1.82. The van der Waals surface area contributed by atoms with Gasteiger partial charge in [-0.25, -0.2) is 9.18 Å². The number of thioether (sulfide) groups is 1. The van der Waals surface area contributed by atoms with Crippen LogP contribution in [0.25, 0.3) is 0 Å². The number of carbonyl (C=O) groups excluding carboxylic acids is 2. The maximum Gasteiger partial charge on any atom is 0.337 e. The molecule has 0 fully saturated rings. The molecule has 1 aromatic carbocycles. The number of hydrogen-bond acceptors (Lipinski definition) is 5. The highest BCUT2D eigenvalue weighted by atomic mass is 32.2. The van der Waals surface area contributed by atoms with Crippen molar-refractivity contribution in [1.82, 2.24) is 0 Å². The Hall–Kier alpha value is -2.09. The topological polar surface area (TPSA) is 92.7 Å². The molecule has 108 valence electrons. The fourth-order valence-electron chi connectivity index (χ4n) is 1.28. The van der Waals surface area contributed by atoms with Gasteiger partial charge in [-0.3, -0.25) is 9.59 Å². The Balaban J connectivity index is 2.68. The molecule has 1 aromatic rings. The van der Waals surface area contributed by atoms with Crippen LogP contribution in [-0.2, 0) is 14.3 Å². The number of amides is 1. The third-order valence-electron chi connectivity index (χ3n) is 2.12. The number of nitrogens with one attached hydrogen (secondary N) is 1. The number of esters is 1. The van der Waals surface area contributed by atoms with Crippen LogP contribution in [0.1, 0.15) is 10.4 Å². The summed E-state index contributed by atoms with van der Waals surface area (Å²) in [6.07, 6.45) is 0. The fraction of sp³-hybridized carbons (Fsp3) is 0.250. The van der Waals surface area contributed by atoms with Crippen LogP contribution < -0.4 is 5.32 Å². The summed E-state index contributed by atoms with van der Waals surface area (Å²) in [5, 5.41) is 10.7. The first-order chi connectivity index (χ1) is 9.43. The van der Waals surface area contributed by atoms with E-state index in [-0.39, 0.29) is 22.8 Å². The van der Waals surface area contributed by atoms with Gasteiger partial charge < -0.3 is 15.2 Å². The van der Waals surface area contributed by atoms with E-state index in [9.17, 15) is 18.8 Å². The van der Waals surface area contributed by atoms with Gasteiger partial charge in [-0.1, -0.05) is 0 Å². The lowest BCUT2D eigenvalue weighted by Crippen LogP contribution is -2.17. The molecule has 0 radical (unpaired) electrons. The normalized spacial score (nSPS) is 9.90. The van der Waals surface area contributed by atoms with Gasteiger partial charge in [0.15, 0.2) is 0 Å². The van der Waals surface area contributed by atoms with Crippen molar-refractivity contribution in [1.29, 1.82) is 0 Å². The Labute approximate surface area is 118 Å².